The Morgan fingerprint density at radius 2 is 1.73 bits per heavy atom. The van der Waals surface area contributed by atoms with Gasteiger partial charge in [0.25, 0.3) is 0 Å². The standard InChI is InChI=1S/C11H8ClN3/c1-8(9(6-13)7-14)15-11-4-2-10(12)3-5-11/h2-5,15H,1H3. The van der Waals surface area contributed by atoms with Crippen LogP contribution in [0.1, 0.15) is 6.92 Å². The maximum Gasteiger partial charge on any atom is 0.148 e. The third kappa shape index (κ3) is 3.02. The number of nitrogens with zero attached hydrogens (tertiary/aromatic N) is 2. The Morgan fingerprint density at radius 1 is 1.20 bits per heavy atom. The fourth-order valence-corrected chi connectivity index (χ4v) is 1.13. The van der Waals surface area contributed by atoms with E-state index in [0.717, 1.165) is 5.69 Å². The summed E-state index contributed by atoms with van der Waals surface area (Å²) >= 11 is 5.72. The Morgan fingerprint density at radius 3 is 2.20 bits per heavy atom. The monoisotopic (exact) mass is 217 g/mol. The van der Waals surface area contributed by atoms with Crippen LogP contribution in [0.2, 0.25) is 5.02 Å². The summed E-state index contributed by atoms with van der Waals surface area (Å²) in [5.41, 5.74) is 1.40. The van der Waals surface area contributed by atoms with E-state index in [9.17, 15) is 0 Å². The van der Waals surface area contributed by atoms with Gasteiger partial charge in [-0.25, -0.2) is 0 Å². The van der Waals surface area contributed by atoms with Gasteiger partial charge in [0, 0.05) is 16.4 Å². The molecular weight excluding hydrogens is 210 g/mol. The molecule has 0 fully saturated rings. The van der Waals surface area contributed by atoms with Gasteiger partial charge in [0.2, 0.25) is 0 Å². The van der Waals surface area contributed by atoms with Crippen LogP contribution in [0.4, 0.5) is 5.69 Å². The first-order valence-electron chi connectivity index (χ1n) is 4.21. The lowest BCUT2D eigenvalue weighted by Crippen LogP contribution is -1.98. The summed E-state index contributed by atoms with van der Waals surface area (Å²) in [6.07, 6.45) is 0. The van der Waals surface area contributed by atoms with Crippen LogP contribution in [0.25, 0.3) is 0 Å². The van der Waals surface area contributed by atoms with E-state index in [0.29, 0.717) is 10.7 Å². The van der Waals surface area contributed by atoms with E-state index in [2.05, 4.69) is 5.32 Å². The van der Waals surface area contributed by atoms with E-state index in [1.165, 1.54) is 0 Å². The van der Waals surface area contributed by atoms with E-state index in [4.69, 9.17) is 22.1 Å². The quantitative estimate of drug-likeness (QED) is 0.775. The van der Waals surface area contributed by atoms with Crippen molar-refractivity contribution in [3.05, 3.63) is 40.6 Å². The molecule has 1 aromatic carbocycles. The first-order valence-corrected chi connectivity index (χ1v) is 4.59. The molecule has 15 heavy (non-hydrogen) atoms. The molecule has 0 radical (unpaired) electrons. The molecule has 0 atom stereocenters. The number of hydrogen-bond acceptors (Lipinski definition) is 3. The van der Waals surface area contributed by atoms with Crippen molar-refractivity contribution >= 4 is 17.3 Å². The number of nitrogens with one attached hydrogen (secondary N) is 1. The molecule has 0 aliphatic carbocycles. The minimum Gasteiger partial charge on any atom is -0.357 e. The van der Waals surface area contributed by atoms with Crippen molar-refractivity contribution in [3.63, 3.8) is 0 Å². The van der Waals surface area contributed by atoms with Crippen LogP contribution >= 0.6 is 11.6 Å². The number of rotatable bonds is 2. The number of anilines is 1. The maximum atomic E-state index is 8.63. The lowest BCUT2D eigenvalue weighted by atomic mass is 10.2. The fraction of sp³-hybridized carbons (Fsp3) is 0.0909. The lowest BCUT2D eigenvalue weighted by Gasteiger charge is -2.05. The average molecular weight is 218 g/mol. The van der Waals surface area contributed by atoms with E-state index < -0.39 is 0 Å². The first-order chi connectivity index (χ1) is 7.17. The molecular formula is C11H8ClN3. The van der Waals surface area contributed by atoms with Crippen molar-refractivity contribution in [2.75, 3.05) is 5.32 Å². The summed E-state index contributed by atoms with van der Waals surface area (Å²) in [6, 6.07) is 10.6. The van der Waals surface area contributed by atoms with Crippen molar-refractivity contribution in [1.29, 1.82) is 10.5 Å². The first kappa shape index (κ1) is 11.1. The second-order valence-electron chi connectivity index (χ2n) is 2.86. The molecule has 1 aromatic rings. The van der Waals surface area contributed by atoms with Gasteiger partial charge in [-0.3, -0.25) is 0 Å². The van der Waals surface area contributed by atoms with Crippen molar-refractivity contribution in [2.45, 2.75) is 6.92 Å². The minimum absolute atomic E-state index is 0.0740. The van der Waals surface area contributed by atoms with Crippen LogP contribution in [0.3, 0.4) is 0 Å². The zero-order valence-corrected chi connectivity index (χ0v) is 8.84. The van der Waals surface area contributed by atoms with E-state index in [-0.39, 0.29) is 5.57 Å². The molecule has 0 heterocycles. The second kappa shape index (κ2) is 5.05. The van der Waals surface area contributed by atoms with Gasteiger partial charge in [0.15, 0.2) is 0 Å². The maximum absolute atomic E-state index is 8.63. The smallest absolute Gasteiger partial charge is 0.148 e. The molecule has 0 aliphatic rings. The van der Waals surface area contributed by atoms with Gasteiger partial charge in [-0.1, -0.05) is 11.6 Å². The predicted octanol–water partition coefficient (Wildman–Crippen LogP) is 3.07. The Bertz CT molecular complexity index is 444. The number of allylic oxidation sites excluding steroid dienone is 2. The van der Waals surface area contributed by atoms with Gasteiger partial charge < -0.3 is 5.32 Å². The number of benzene rings is 1. The van der Waals surface area contributed by atoms with Crippen LogP contribution in [-0.4, -0.2) is 0 Å². The van der Waals surface area contributed by atoms with Gasteiger partial charge in [-0.15, -0.1) is 0 Å². The summed E-state index contributed by atoms with van der Waals surface area (Å²) in [5.74, 6) is 0. The topological polar surface area (TPSA) is 59.6 Å². The molecule has 0 bridgehead atoms. The highest BCUT2D eigenvalue weighted by atomic mass is 35.5. The Labute approximate surface area is 93.2 Å². The molecule has 0 aliphatic heterocycles. The molecule has 0 saturated heterocycles. The molecule has 74 valence electrons. The Hall–Kier alpha value is -1.97. The highest BCUT2D eigenvalue weighted by Gasteiger charge is 2.00. The van der Waals surface area contributed by atoms with Crippen LogP contribution in [0.15, 0.2) is 35.5 Å². The van der Waals surface area contributed by atoms with Gasteiger partial charge in [-0.2, -0.15) is 10.5 Å². The van der Waals surface area contributed by atoms with Crippen molar-refractivity contribution in [3.8, 4) is 12.1 Å². The third-order valence-corrected chi connectivity index (χ3v) is 2.03. The molecule has 0 amide bonds. The Kier molecular flexibility index (Phi) is 3.74. The molecule has 0 saturated carbocycles. The van der Waals surface area contributed by atoms with Gasteiger partial charge in [0.1, 0.15) is 17.7 Å². The van der Waals surface area contributed by atoms with Gasteiger partial charge in [0.05, 0.1) is 0 Å². The third-order valence-electron chi connectivity index (χ3n) is 1.77. The average Bonchev–Trinajstić information content (AvgIpc) is 2.23. The number of halogens is 1. The highest BCUT2D eigenvalue weighted by Crippen LogP contribution is 2.15. The number of hydrogen-bond donors (Lipinski definition) is 1. The summed E-state index contributed by atoms with van der Waals surface area (Å²) in [4.78, 5) is 0. The highest BCUT2D eigenvalue weighted by molar-refractivity contribution is 6.30. The summed E-state index contributed by atoms with van der Waals surface area (Å²) < 4.78 is 0. The molecule has 1 rings (SSSR count). The van der Waals surface area contributed by atoms with Crippen LogP contribution in [-0.2, 0) is 0 Å². The minimum atomic E-state index is 0.0740. The zero-order valence-electron chi connectivity index (χ0n) is 8.08. The molecule has 0 unspecified atom stereocenters. The van der Waals surface area contributed by atoms with Crippen LogP contribution in [0.5, 0.6) is 0 Å². The molecule has 0 aromatic heterocycles. The van der Waals surface area contributed by atoms with E-state index in [1.807, 2.05) is 12.1 Å². The van der Waals surface area contributed by atoms with E-state index in [1.54, 1.807) is 31.2 Å². The SMILES string of the molecule is CC(Nc1ccc(Cl)cc1)=C(C#N)C#N. The molecule has 1 N–H and O–H groups in total. The fourth-order valence-electron chi connectivity index (χ4n) is 1.00. The van der Waals surface area contributed by atoms with Crippen LogP contribution in [0, 0.1) is 22.7 Å². The summed E-state index contributed by atoms with van der Waals surface area (Å²) in [6.45, 7) is 1.68. The zero-order chi connectivity index (χ0) is 11.3. The lowest BCUT2D eigenvalue weighted by molar-refractivity contribution is 1.32. The number of nitriles is 2. The summed E-state index contributed by atoms with van der Waals surface area (Å²) in [5, 5.41) is 20.8. The normalized spacial score (nSPS) is 8.53. The van der Waals surface area contributed by atoms with E-state index >= 15 is 0 Å². The largest absolute Gasteiger partial charge is 0.357 e. The predicted molar refractivity (Wildman–Crippen MR) is 59.0 cm³/mol. The van der Waals surface area contributed by atoms with Gasteiger partial charge in [-0.05, 0) is 31.2 Å². The molecule has 4 heteroatoms. The Balaban J connectivity index is 2.89. The van der Waals surface area contributed by atoms with Crippen molar-refractivity contribution in [2.24, 2.45) is 0 Å². The van der Waals surface area contributed by atoms with Crippen molar-refractivity contribution < 1.29 is 0 Å². The molecule has 3 nitrogen and oxygen atoms in total. The van der Waals surface area contributed by atoms with Crippen molar-refractivity contribution in [1.82, 2.24) is 0 Å². The summed E-state index contributed by atoms with van der Waals surface area (Å²) in [7, 11) is 0. The van der Waals surface area contributed by atoms with Crippen LogP contribution < -0.4 is 5.32 Å². The van der Waals surface area contributed by atoms with Gasteiger partial charge >= 0.3 is 0 Å². The molecule has 0 spiro atoms. The second-order valence-corrected chi connectivity index (χ2v) is 3.29.